The molecule has 3 aromatic carbocycles. The number of nitrogens with zero attached hydrogens (tertiary/aromatic N) is 1. The van der Waals surface area contributed by atoms with Crippen molar-refractivity contribution in [3.05, 3.63) is 66.2 Å². The average molecular weight is 510 g/mol. The summed E-state index contributed by atoms with van der Waals surface area (Å²) in [5, 5.41) is 20.8. The van der Waals surface area contributed by atoms with Crippen molar-refractivity contribution in [2.45, 2.75) is 19.3 Å². The molecule has 5 nitrogen and oxygen atoms in total. The molecule has 1 aliphatic heterocycles. The number of phenols is 2. The van der Waals surface area contributed by atoms with Crippen molar-refractivity contribution in [1.29, 1.82) is 0 Å². The Balaban J connectivity index is 0.00000289. The van der Waals surface area contributed by atoms with E-state index in [0.29, 0.717) is 12.2 Å². The van der Waals surface area contributed by atoms with Crippen LogP contribution < -0.4 is 4.74 Å². The van der Waals surface area contributed by atoms with Crippen LogP contribution in [0.15, 0.2) is 60.7 Å². The van der Waals surface area contributed by atoms with E-state index in [1.807, 2.05) is 36.4 Å². The number of likely N-dealkylation sites (tertiary alicyclic amines) is 1. The Bertz CT molecular complexity index is 1310. The lowest BCUT2D eigenvalue weighted by Gasteiger charge is -2.26. The predicted molar refractivity (Wildman–Crippen MR) is 144 cm³/mol. The number of halogens is 1. The first-order valence-corrected chi connectivity index (χ1v) is 12.4. The van der Waals surface area contributed by atoms with E-state index in [1.165, 1.54) is 19.3 Å². The molecule has 1 aliphatic rings. The Morgan fingerprint density at radius 1 is 0.914 bits per heavy atom. The van der Waals surface area contributed by atoms with Gasteiger partial charge in [0.05, 0.1) is 0 Å². The van der Waals surface area contributed by atoms with Crippen LogP contribution in [-0.4, -0.2) is 47.6 Å². The Labute approximate surface area is 215 Å². The lowest BCUT2D eigenvalue weighted by molar-refractivity contribution is 0.112. The molecule has 7 heteroatoms. The number of carbonyl (C=O) groups is 1. The summed E-state index contributed by atoms with van der Waals surface area (Å²) < 4.78 is 7.03. The van der Waals surface area contributed by atoms with E-state index in [0.717, 1.165) is 63.3 Å². The maximum Gasteiger partial charge on any atom is 0.150 e. The molecule has 0 saturated carbocycles. The monoisotopic (exact) mass is 509 g/mol. The second-order valence-electron chi connectivity index (χ2n) is 8.65. The highest BCUT2D eigenvalue weighted by Gasteiger charge is 2.20. The number of thiophene rings is 1. The molecular weight excluding hydrogens is 482 g/mol. The molecule has 0 atom stereocenters. The van der Waals surface area contributed by atoms with Crippen molar-refractivity contribution in [1.82, 2.24) is 4.90 Å². The number of hydrogen-bond donors (Lipinski definition) is 2. The first-order chi connectivity index (χ1) is 16.6. The molecule has 2 N–H and O–H groups in total. The van der Waals surface area contributed by atoms with Crippen molar-refractivity contribution >= 4 is 40.1 Å². The summed E-state index contributed by atoms with van der Waals surface area (Å²) in [5.41, 5.74) is 3.23. The minimum atomic E-state index is 0. The minimum Gasteiger partial charge on any atom is -0.508 e. The summed E-state index contributed by atoms with van der Waals surface area (Å²) in [6, 6.07) is 17.9. The van der Waals surface area contributed by atoms with Crippen LogP contribution in [0.2, 0.25) is 0 Å². The van der Waals surface area contributed by atoms with E-state index in [1.54, 1.807) is 35.6 Å². The first kappa shape index (κ1) is 25.0. The lowest BCUT2D eigenvalue weighted by atomic mass is 9.95. The van der Waals surface area contributed by atoms with Gasteiger partial charge >= 0.3 is 0 Å². The van der Waals surface area contributed by atoms with Gasteiger partial charge in [0.15, 0.2) is 6.29 Å². The minimum absolute atomic E-state index is 0. The number of fused-ring (bicyclic) bond motifs is 1. The van der Waals surface area contributed by atoms with Crippen molar-refractivity contribution in [3.8, 4) is 38.8 Å². The van der Waals surface area contributed by atoms with Crippen LogP contribution >= 0.6 is 23.7 Å². The molecular formula is C28H28ClNO4S. The molecule has 4 aromatic rings. The molecule has 1 saturated heterocycles. The molecule has 0 unspecified atom stereocenters. The molecule has 0 bridgehead atoms. The average Bonchev–Trinajstić information content (AvgIpc) is 3.23. The van der Waals surface area contributed by atoms with Gasteiger partial charge in [-0.1, -0.05) is 6.42 Å². The molecule has 1 aromatic heterocycles. The number of hydrogen-bond acceptors (Lipinski definition) is 6. The van der Waals surface area contributed by atoms with Crippen molar-refractivity contribution in [2.24, 2.45) is 0 Å². The quantitative estimate of drug-likeness (QED) is 0.270. The highest BCUT2D eigenvalue weighted by atomic mass is 35.5. The van der Waals surface area contributed by atoms with Crippen molar-refractivity contribution in [2.75, 3.05) is 26.2 Å². The van der Waals surface area contributed by atoms with Crippen LogP contribution in [0.25, 0.3) is 31.7 Å². The Morgan fingerprint density at radius 2 is 1.66 bits per heavy atom. The number of benzene rings is 3. The zero-order valence-electron chi connectivity index (χ0n) is 19.3. The summed E-state index contributed by atoms with van der Waals surface area (Å²) in [4.78, 5) is 15.4. The number of piperidine rings is 1. The van der Waals surface area contributed by atoms with E-state index in [9.17, 15) is 15.0 Å². The van der Waals surface area contributed by atoms with Crippen molar-refractivity contribution < 1.29 is 19.7 Å². The standard InChI is InChI=1S/C28H27NO4S.ClH/c30-18-20-6-10-23(33-15-14-29-12-2-1-3-13-29)17-25(20)27-24-11-9-22(32)16-26(24)34-28(27)19-4-7-21(31)8-5-19;/h4-11,16-18,31-32H,1-3,12-15H2;1H. The summed E-state index contributed by atoms with van der Waals surface area (Å²) in [6.07, 6.45) is 4.68. The van der Waals surface area contributed by atoms with Gasteiger partial charge in [0.1, 0.15) is 23.9 Å². The van der Waals surface area contributed by atoms with E-state index in [4.69, 9.17) is 4.74 Å². The second kappa shape index (κ2) is 11.1. The summed E-state index contributed by atoms with van der Waals surface area (Å²) >= 11 is 1.55. The summed E-state index contributed by atoms with van der Waals surface area (Å²) in [7, 11) is 0. The number of aldehydes is 1. The zero-order chi connectivity index (χ0) is 23.5. The lowest BCUT2D eigenvalue weighted by Crippen LogP contribution is -2.33. The third-order valence-electron chi connectivity index (χ3n) is 6.35. The van der Waals surface area contributed by atoms with Gasteiger partial charge in [0.25, 0.3) is 0 Å². The van der Waals surface area contributed by atoms with Gasteiger partial charge in [0.2, 0.25) is 0 Å². The molecule has 5 rings (SSSR count). The number of phenolic OH excluding ortho intramolecular Hbond substituents is 2. The van der Waals surface area contributed by atoms with E-state index >= 15 is 0 Å². The van der Waals surface area contributed by atoms with Crippen LogP contribution in [0, 0.1) is 0 Å². The molecule has 0 radical (unpaired) electrons. The number of carbonyl (C=O) groups excluding carboxylic acids is 1. The van der Waals surface area contributed by atoms with Gasteiger partial charge in [-0.3, -0.25) is 9.69 Å². The van der Waals surface area contributed by atoms with Crippen LogP contribution in [0.5, 0.6) is 17.2 Å². The van der Waals surface area contributed by atoms with E-state index in [2.05, 4.69) is 4.90 Å². The molecule has 0 amide bonds. The smallest absolute Gasteiger partial charge is 0.150 e. The fourth-order valence-electron chi connectivity index (χ4n) is 4.59. The highest BCUT2D eigenvalue weighted by Crippen LogP contribution is 2.47. The Hall–Kier alpha value is -3.06. The van der Waals surface area contributed by atoms with Gasteiger partial charge in [-0.2, -0.15) is 0 Å². The maximum atomic E-state index is 12.0. The molecule has 2 heterocycles. The largest absolute Gasteiger partial charge is 0.508 e. The molecule has 35 heavy (non-hydrogen) atoms. The summed E-state index contributed by atoms with van der Waals surface area (Å²) in [5.74, 6) is 1.12. The predicted octanol–water partition coefficient (Wildman–Crippen LogP) is 6.75. The highest BCUT2D eigenvalue weighted by molar-refractivity contribution is 7.23. The molecule has 0 spiro atoms. The third kappa shape index (κ3) is 5.45. The van der Waals surface area contributed by atoms with Crippen LogP contribution in [-0.2, 0) is 0 Å². The second-order valence-corrected chi connectivity index (χ2v) is 9.70. The fourth-order valence-corrected chi connectivity index (χ4v) is 5.84. The van der Waals surface area contributed by atoms with Gasteiger partial charge in [-0.25, -0.2) is 0 Å². The van der Waals surface area contributed by atoms with Crippen LogP contribution in [0.1, 0.15) is 29.6 Å². The van der Waals surface area contributed by atoms with Gasteiger partial charge < -0.3 is 14.9 Å². The van der Waals surface area contributed by atoms with Crippen molar-refractivity contribution in [3.63, 3.8) is 0 Å². The van der Waals surface area contributed by atoms with E-state index in [-0.39, 0.29) is 23.9 Å². The maximum absolute atomic E-state index is 12.0. The molecule has 182 valence electrons. The van der Waals surface area contributed by atoms with E-state index < -0.39 is 0 Å². The number of ether oxygens (including phenoxy) is 1. The van der Waals surface area contributed by atoms with Crippen LogP contribution in [0.4, 0.5) is 0 Å². The van der Waals surface area contributed by atoms with Gasteiger partial charge in [-0.05, 0) is 97.7 Å². The van der Waals surface area contributed by atoms with Gasteiger partial charge in [-0.15, -0.1) is 23.7 Å². The van der Waals surface area contributed by atoms with Gasteiger partial charge in [0, 0.05) is 32.6 Å². The fraction of sp³-hybridized carbons (Fsp3) is 0.250. The first-order valence-electron chi connectivity index (χ1n) is 11.6. The number of rotatable bonds is 7. The Morgan fingerprint density at radius 3 is 2.40 bits per heavy atom. The molecule has 1 fully saturated rings. The number of aromatic hydroxyl groups is 2. The topological polar surface area (TPSA) is 70.0 Å². The van der Waals surface area contributed by atoms with Crippen LogP contribution in [0.3, 0.4) is 0 Å². The normalized spacial score (nSPS) is 13.9. The zero-order valence-corrected chi connectivity index (χ0v) is 20.9. The SMILES string of the molecule is Cl.O=Cc1ccc(OCCN2CCCCC2)cc1-c1c(-c2ccc(O)cc2)sc2cc(O)ccc12. The third-order valence-corrected chi connectivity index (χ3v) is 7.55. The summed E-state index contributed by atoms with van der Waals surface area (Å²) in [6.45, 7) is 3.75. The Kier molecular flexibility index (Phi) is 7.96. The molecule has 0 aliphatic carbocycles.